The second kappa shape index (κ2) is 4.43. The minimum atomic E-state index is 0.595. The monoisotopic (exact) mass is 183 g/mol. The summed E-state index contributed by atoms with van der Waals surface area (Å²) < 4.78 is 5.67. The van der Waals surface area contributed by atoms with Gasteiger partial charge in [0.1, 0.15) is 0 Å². The first kappa shape index (κ1) is 9.47. The highest BCUT2D eigenvalue weighted by Crippen LogP contribution is 2.32. The lowest BCUT2D eigenvalue weighted by Gasteiger charge is -2.25. The molecule has 0 amide bonds. The van der Waals surface area contributed by atoms with E-state index < -0.39 is 0 Å². The van der Waals surface area contributed by atoms with Gasteiger partial charge in [0, 0.05) is 12.6 Å². The smallest absolute Gasteiger partial charge is 0.0594 e. The fourth-order valence-electron chi connectivity index (χ4n) is 1.81. The van der Waals surface area contributed by atoms with E-state index in [1.807, 2.05) is 0 Å². The van der Waals surface area contributed by atoms with Crippen LogP contribution in [0, 0.1) is 5.92 Å². The van der Waals surface area contributed by atoms with Gasteiger partial charge in [0.25, 0.3) is 0 Å². The van der Waals surface area contributed by atoms with Crippen molar-refractivity contribution in [3.8, 4) is 0 Å². The molecule has 0 heterocycles. The van der Waals surface area contributed by atoms with Crippen LogP contribution in [0.2, 0.25) is 0 Å². The van der Waals surface area contributed by atoms with Crippen LogP contribution in [-0.2, 0) is 4.74 Å². The summed E-state index contributed by atoms with van der Waals surface area (Å²) in [6.45, 7) is 4.23. The van der Waals surface area contributed by atoms with E-state index in [-0.39, 0.29) is 0 Å². The molecule has 2 heteroatoms. The Balaban J connectivity index is 1.43. The molecule has 1 unspecified atom stereocenters. The molecule has 1 atom stereocenters. The molecule has 0 bridgehead atoms. The van der Waals surface area contributed by atoms with E-state index in [1.165, 1.54) is 32.1 Å². The zero-order valence-electron chi connectivity index (χ0n) is 8.59. The van der Waals surface area contributed by atoms with Crippen molar-refractivity contribution in [3.05, 3.63) is 0 Å². The standard InChI is InChI=1S/C11H21NO/c1-9(10-5-6-10)12-7-8-13-11-3-2-4-11/h9-12H,2-8H2,1H3. The summed E-state index contributed by atoms with van der Waals surface area (Å²) in [7, 11) is 0. The molecule has 0 aliphatic heterocycles. The number of hydrogen-bond acceptors (Lipinski definition) is 2. The van der Waals surface area contributed by atoms with E-state index in [2.05, 4.69) is 12.2 Å². The number of rotatable bonds is 6. The van der Waals surface area contributed by atoms with E-state index in [4.69, 9.17) is 4.74 Å². The van der Waals surface area contributed by atoms with Crippen LogP contribution < -0.4 is 5.32 Å². The molecule has 0 spiro atoms. The van der Waals surface area contributed by atoms with Gasteiger partial charge in [-0.3, -0.25) is 0 Å². The SMILES string of the molecule is CC(NCCOC1CCC1)C1CC1. The highest BCUT2D eigenvalue weighted by atomic mass is 16.5. The Labute approximate surface area is 81.0 Å². The highest BCUT2D eigenvalue weighted by molar-refractivity contribution is 4.83. The Hall–Kier alpha value is -0.0800. The summed E-state index contributed by atoms with van der Waals surface area (Å²) in [5.41, 5.74) is 0. The number of hydrogen-bond donors (Lipinski definition) is 1. The molecule has 13 heavy (non-hydrogen) atoms. The average Bonchev–Trinajstić information content (AvgIpc) is 2.82. The van der Waals surface area contributed by atoms with Crippen molar-refractivity contribution in [2.75, 3.05) is 13.2 Å². The van der Waals surface area contributed by atoms with Gasteiger partial charge in [0.15, 0.2) is 0 Å². The summed E-state index contributed by atoms with van der Waals surface area (Å²) in [6, 6.07) is 0.713. The Morgan fingerprint density at radius 3 is 2.62 bits per heavy atom. The van der Waals surface area contributed by atoms with Crippen LogP contribution in [0.3, 0.4) is 0 Å². The van der Waals surface area contributed by atoms with E-state index in [9.17, 15) is 0 Å². The first-order valence-electron chi connectivity index (χ1n) is 5.71. The van der Waals surface area contributed by atoms with Crippen LogP contribution in [0.5, 0.6) is 0 Å². The van der Waals surface area contributed by atoms with Crippen LogP contribution in [0.25, 0.3) is 0 Å². The Kier molecular flexibility index (Phi) is 3.23. The third kappa shape index (κ3) is 2.96. The van der Waals surface area contributed by atoms with Gasteiger partial charge < -0.3 is 10.1 Å². The summed E-state index contributed by atoms with van der Waals surface area (Å²) in [6.07, 6.45) is 7.40. The highest BCUT2D eigenvalue weighted by Gasteiger charge is 2.27. The zero-order chi connectivity index (χ0) is 9.10. The van der Waals surface area contributed by atoms with Gasteiger partial charge in [-0.25, -0.2) is 0 Å². The van der Waals surface area contributed by atoms with Gasteiger partial charge in [0.2, 0.25) is 0 Å². The maximum absolute atomic E-state index is 5.67. The fourth-order valence-corrected chi connectivity index (χ4v) is 1.81. The third-order valence-electron chi connectivity index (χ3n) is 3.30. The van der Waals surface area contributed by atoms with Crippen LogP contribution in [-0.4, -0.2) is 25.3 Å². The second-order valence-corrected chi connectivity index (χ2v) is 4.50. The first-order chi connectivity index (χ1) is 6.36. The quantitative estimate of drug-likeness (QED) is 0.635. The van der Waals surface area contributed by atoms with Crippen LogP contribution >= 0.6 is 0 Å². The summed E-state index contributed by atoms with van der Waals surface area (Å²) in [5.74, 6) is 0.962. The topological polar surface area (TPSA) is 21.3 Å². The molecule has 2 aliphatic carbocycles. The third-order valence-corrected chi connectivity index (χ3v) is 3.30. The maximum atomic E-state index is 5.67. The predicted molar refractivity (Wildman–Crippen MR) is 53.8 cm³/mol. The molecule has 76 valence electrons. The predicted octanol–water partition coefficient (Wildman–Crippen LogP) is 1.94. The van der Waals surface area contributed by atoms with Crippen molar-refractivity contribution in [3.63, 3.8) is 0 Å². The van der Waals surface area contributed by atoms with Crippen molar-refractivity contribution in [2.24, 2.45) is 5.92 Å². The molecule has 0 radical (unpaired) electrons. The minimum Gasteiger partial charge on any atom is -0.377 e. The van der Waals surface area contributed by atoms with Gasteiger partial charge in [-0.05, 0) is 44.9 Å². The summed E-state index contributed by atoms with van der Waals surface area (Å²) >= 11 is 0. The molecular weight excluding hydrogens is 162 g/mol. The van der Waals surface area contributed by atoms with Crippen molar-refractivity contribution < 1.29 is 4.74 Å². The normalized spacial score (nSPS) is 25.6. The Morgan fingerprint density at radius 2 is 2.08 bits per heavy atom. The lowest BCUT2D eigenvalue weighted by molar-refractivity contribution is 0.00348. The van der Waals surface area contributed by atoms with Crippen LogP contribution in [0.1, 0.15) is 39.0 Å². The molecule has 2 saturated carbocycles. The van der Waals surface area contributed by atoms with E-state index in [1.54, 1.807) is 0 Å². The molecule has 2 rings (SSSR count). The lowest BCUT2D eigenvalue weighted by Crippen LogP contribution is -2.33. The molecule has 1 N–H and O–H groups in total. The van der Waals surface area contributed by atoms with Crippen molar-refractivity contribution in [1.29, 1.82) is 0 Å². The number of ether oxygens (including phenoxy) is 1. The molecule has 0 aromatic heterocycles. The Bertz CT molecular complexity index is 152. The average molecular weight is 183 g/mol. The Morgan fingerprint density at radius 1 is 1.31 bits per heavy atom. The van der Waals surface area contributed by atoms with Crippen LogP contribution in [0.15, 0.2) is 0 Å². The lowest BCUT2D eigenvalue weighted by atomic mass is 9.96. The van der Waals surface area contributed by atoms with Gasteiger partial charge in [0.05, 0.1) is 12.7 Å². The van der Waals surface area contributed by atoms with Gasteiger partial charge in [-0.15, -0.1) is 0 Å². The van der Waals surface area contributed by atoms with E-state index >= 15 is 0 Å². The summed E-state index contributed by atoms with van der Waals surface area (Å²) in [4.78, 5) is 0. The van der Waals surface area contributed by atoms with Gasteiger partial charge >= 0.3 is 0 Å². The molecule has 2 fully saturated rings. The molecule has 2 aliphatic rings. The van der Waals surface area contributed by atoms with Crippen molar-refractivity contribution in [1.82, 2.24) is 5.32 Å². The van der Waals surface area contributed by atoms with E-state index in [0.717, 1.165) is 19.1 Å². The number of nitrogens with one attached hydrogen (secondary N) is 1. The maximum Gasteiger partial charge on any atom is 0.0594 e. The van der Waals surface area contributed by atoms with Crippen molar-refractivity contribution in [2.45, 2.75) is 51.2 Å². The molecule has 0 saturated heterocycles. The van der Waals surface area contributed by atoms with Crippen LogP contribution in [0.4, 0.5) is 0 Å². The summed E-state index contributed by atoms with van der Waals surface area (Å²) in [5, 5.41) is 3.52. The minimum absolute atomic E-state index is 0.595. The molecule has 0 aromatic rings. The first-order valence-corrected chi connectivity index (χ1v) is 5.71. The van der Waals surface area contributed by atoms with E-state index in [0.29, 0.717) is 12.1 Å². The molecule has 2 nitrogen and oxygen atoms in total. The van der Waals surface area contributed by atoms with Crippen molar-refractivity contribution >= 4 is 0 Å². The van der Waals surface area contributed by atoms with Gasteiger partial charge in [-0.1, -0.05) is 0 Å². The largest absolute Gasteiger partial charge is 0.377 e. The second-order valence-electron chi connectivity index (χ2n) is 4.50. The zero-order valence-corrected chi connectivity index (χ0v) is 8.59. The fraction of sp³-hybridized carbons (Fsp3) is 1.00. The molecular formula is C11H21NO. The van der Waals surface area contributed by atoms with Gasteiger partial charge in [-0.2, -0.15) is 0 Å². The molecule has 0 aromatic carbocycles.